The molecule has 2 heterocycles. The molecule has 1 aliphatic rings. The van der Waals surface area contributed by atoms with Crippen LogP contribution >= 0.6 is 11.6 Å². The van der Waals surface area contributed by atoms with E-state index >= 15 is 0 Å². The van der Waals surface area contributed by atoms with Crippen molar-refractivity contribution in [2.45, 2.75) is 19.3 Å². The van der Waals surface area contributed by atoms with E-state index in [2.05, 4.69) is 5.32 Å². The van der Waals surface area contributed by atoms with Crippen LogP contribution in [-0.4, -0.2) is 18.9 Å². The number of carbonyl (C=O) groups is 1. The molecular weight excluding hydrogens is 262 g/mol. The Bertz CT molecular complexity index is 599. The van der Waals surface area contributed by atoms with Crippen molar-refractivity contribution < 1.29 is 9.21 Å². The van der Waals surface area contributed by atoms with E-state index in [1.165, 1.54) is 6.42 Å². The second-order valence-corrected chi connectivity index (χ2v) is 5.55. The summed E-state index contributed by atoms with van der Waals surface area (Å²) < 4.78 is 5.58. The number of Topliss-reactive ketones (excluding diaryl/α,β-unsaturated/α-hetero) is 1. The van der Waals surface area contributed by atoms with Crippen LogP contribution < -0.4 is 5.32 Å². The van der Waals surface area contributed by atoms with E-state index in [1.54, 1.807) is 18.2 Å². The molecule has 1 fully saturated rings. The van der Waals surface area contributed by atoms with Gasteiger partial charge in [0.1, 0.15) is 5.58 Å². The summed E-state index contributed by atoms with van der Waals surface area (Å²) in [5, 5.41) is 4.86. The van der Waals surface area contributed by atoms with E-state index in [9.17, 15) is 4.79 Å². The van der Waals surface area contributed by atoms with Gasteiger partial charge in [0.25, 0.3) is 0 Å². The zero-order valence-electron chi connectivity index (χ0n) is 10.6. The lowest BCUT2D eigenvalue weighted by Crippen LogP contribution is -2.10. The van der Waals surface area contributed by atoms with Gasteiger partial charge in [0.05, 0.1) is 0 Å². The molecule has 0 radical (unpaired) electrons. The van der Waals surface area contributed by atoms with Crippen LogP contribution in [0.2, 0.25) is 5.02 Å². The summed E-state index contributed by atoms with van der Waals surface area (Å²) in [5.41, 5.74) is 0.718. The van der Waals surface area contributed by atoms with Gasteiger partial charge in [-0.05, 0) is 56.1 Å². The molecule has 1 atom stereocenters. The molecule has 100 valence electrons. The molecule has 2 aromatic rings. The largest absolute Gasteiger partial charge is 0.453 e. The predicted molar refractivity (Wildman–Crippen MR) is 75.8 cm³/mol. The molecule has 1 aromatic carbocycles. The minimum absolute atomic E-state index is 0.0826. The Morgan fingerprint density at radius 1 is 1.42 bits per heavy atom. The van der Waals surface area contributed by atoms with Gasteiger partial charge < -0.3 is 9.73 Å². The zero-order valence-corrected chi connectivity index (χ0v) is 11.4. The number of carbonyl (C=O) groups excluding carboxylic acids is 1. The van der Waals surface area contributed by atoms with Crippen LogP contribution in [-0.2, 0) is 0 Å². The van der Waals surface area contributed by atoms with Crippen molar-refractivity contribution in [3.8, 4) is 0 Å². The number of nitrogens with one attached hydrogen (secondary N) is 1. The van der Waals surface area contributed by atoms with E-state index in [0.29, 0.717) is 23.1 Å². The fourth-order valence-corrected chi connectivity index (χ4v) is 2.75. The van der Waals surface area contributed by atoms with Crippen LogP contribution in [0, 0.1) is 5.92 Å². The third-order valence-electron chi connectivity index (χ3n) is 3.70. The number of furan rings is 1. The van der Waals surface area contributed by atoms with Crippen molar-refractivity contribution in [1.29, 1.82) is 0 Å². The second kappa shape index (κ2) is 5.35. The molecule has 0 spiro atoms. The third-order valence-corrected chi connectivity index (χ3v) is 3.93. The van der Waals surface area contributed by atoms with Crippen molar-refractivity contribution in [3.63, 3.8) is 0 Å². The molecule has 3 rings (SSSR count). The lowest BCUT2D eigenvalue weighted by atomic mass is 10.0. The third kappa shape index (κ3) is 2.82. The first kappa shape index (κ1) is 12.7. The minimum atomic E-state index is 0.0826. The van der Waals surface area contributed by atoms with Crippen LogP contribution in [0.1, 0.15) is 29.8 Å². The van der Waals surface area contributed by atoms with Crippen LogP contribution in [0.5, 0.6) is 0 Å². The van der Waals surface area contributed by atoms with Gasteiger partial charge in [0, 0.05) is 16.8 Å². The molecule has 0 bridgehead atoms. The van der Waals surface area contributed by atoms with E-state index in [1.807, 2.05) is 6.07 Å². The molecule has 3 nitrogen and oxygen atoms in total. The number of ketones is 1. The topological polar surface area (TPSA) is 42.2 Å². The molecule has 0 aliphatic carbocycles. The maximum absolute atomic E-state index is 12.1. The second-order valence-electron chi connectivity index (χ2n) is 5.11. The fourth-order valence-electron chi connectivity index (χ4n) is 2.57. The SMILES string of the molecule is O=C(CCC1CCNC1)c1cc2cc(Cl)ccc2o1. The summed E-state index contributed by atoms with van der Waals surface area (Å²) in [4.78, 5) is 12.1. The molecule has 1 aromatic heterocycles. The molecular formula is C15H16ClNO2. The normalized spacial score (nSPS) is 19.1. The van der Waals surface area contributed by atoms with Crippen LogP contribution in [0.3, 0.4) is 0 Å². The Kier molecular flexibility index (Phi) is 3.58. The van der Waals surface area contributed by atoms with Crippen molar-refractivity contribution in [3.05, 3.63) is 35.0 Å². The Labute approximate surface area is 116 Å². The van der Waals surface area contributed by atoms with E-state index in [0.717, 1.165) is 30.5 Å². The maximum atomic E-state index is 12.1. The summed E-state index contributed by atoms with van der Waals surface area (Å²) in [7, 11) is 0. The van der Waals surface area contributed by atoms with Gasteiger partial charge in [-0.3, -0.25) is 4.79 Å². The maximum Gasteiger partial charge on any atom is 0.198 e. The Morgan fingerprint density at radius 2 is 2.32 bits per heavy atom. The predicted octanol–water partition coefficient (Wildman–Crippen LogP) is 3.66. The van der Waals surface area contributed by atoms with Crippen LogP contribution in [0.4, 0.5) is 0 Å². The zero-order chi connectivity index (χ0) is 13.2. The Balaban J connectivity index is 1.70. The summed E-state index contributed by atoms with van der Waals surface area (Å²) in [6.07, 6.45) is 2.66. The lowest BCUT2D eigenvalue weighted by Gasteiger charge is -2.05. The molecule has 1 aliphatic heterocycles. The quantitative estimate of drug-likeness (QED) is 0.867. The molecule has 1 N–H and O–H groups in total. The van der Waals surface area contributed by atoms with Gasteiger partial charge in [0.15, 0.2) is 11.5 Å². The first-order chi connectivity index (χ1) is 9.22. The van der Waals surface area contributed by atoms with Gasteiger partial charge in [-0.2, -0.15) is 0 Å². The molecule has 4 heteroatoms. The number of rotatable bonds is 4. The molecule has 0 saturated carbocycles. The van der Waals surface area contributed by atoms with Crippen molar-refractivity contribution >= 4 is 28.4 Å². The highest BCUT2D eigenvalue weighted by atomic mass is 35.5. The van der Waals surface area contributed by atoms with Gasteiger partial charge in [-0.1, -0.05) is 11.6 Å². The summed E-state index contributed by atoms with van der Waals surface area (Å²) in [6.45, 7) is 2.10. The molecule has 1 unspecified atom stereocenters. The number of fused-ring (bicyclic) bond motifs is 1. The highest BCUT2D eigenvalue weighted by Gasteiger charge is 2.18. The molecule has 19 heavy (non-hydrogen) atoms. The number of hydrogen-bond donors (Lipinski definition) is 1. The lowest BCUT2D eigenvalue weighted by molar-refractivity contribution is 0.0950. The Hall–Kier alpha value is -1.32. The van der Waals surface area contributed by atoms with Gasteiger partial charge >= 0.3 is 0 Å². The number of hydrogen-bond acceptors (Lipinski definition) is 3. The number of halogens is 1. The fraction of sp³-hybridized carbons (Fsp3) is 0.400. The minimum Gasteiger partial charge on any atom is -0.453 e. The van der Waals surface area contributed by atoms with Gasteiger partial charge in [0.2, 0.25) is 0 Å². The average molecular weight is 278 g/mol. The molecule has 1 saturated heterocycles. The van der Waals surface area contributed by atoms with Gasteiger partial charge in [-0.15, -0.1) is 0 Å². The standard InChI is InChI=1S/C15H16ClNO2/c16-12-2-4-14-11(7-12)8-15(19-14)13(18)3-1-10-5-6-17-9-10/h2,4,7-8,10,17H,1,3,5-6,9H2. The van der Waals surface area contributed by atoms with E-state index < -0.39 is 0 Å². The average Bonchev–Trinajstić information content (AvgIpc) is 3.04. The molecule has 0 amide bonds. The van der Waals surface area contributed by atoms with E-state index in [-0.39, 0.29) is 5.78 Å². The monoisotopic (exact) mass is 277 g/mol. The highest BCUT2D eigenvalue weighted by Crippen LogP contribution is 2.24. The summed E-state index contributed by atoms with van der Waals surface area (Å²) in [5.74, 6) is 1.16. The Morgan fingerprint density at radius 3 is 3.11 bits per heavy atom. The first-order valence-electron chi connectivity index (χ1n) is 6.65. The van der Waals surface area contributed by atoms with Crippen molar-refractivity contribution in [1.82, 2.24) is 5.32 Å². The highest BCUT2D eigenvalue weighted by molar-refractivity contribution is 6.31. The smallest absolute Gasteiger partial charge is 0.198 e. The van der Waals surface area contributed by atoms with E-state index in [4.69, 9.17) is 16.0 Å². The van der Waals surface area contributed by atoms with Crippen molar-refractivity contribution in [2.75, 3.05) is 13.1 Å². The van der Waals surface area contributed by atoms with Crippen molar-refractivity contribution in [2.24, 2.45) is 5.92 Å². The van der Waals surface area contributed by atoms with Crippen LogP contribution in [0.25, 0.3) is 11.0 Å². The first-order valence-corrected chi connectivity index (χ1v) is 7.03. The van der Waals surface area contributed by atoms with Gasteiger partial charge in [-0.25, -0.2) is 0 Å². The summed E-state index contributed by atoms with van der Waals surface area (Å²) >= 11 is 5.92. The van der Waals surface area contributed by atoms with Crippen LogP contribution in [0.15, 0.2) is 28.7 Å². The summed E-state index contributed by atoms with van der Waals surface area (Å²) in [6, 6.07) is 7.18. The number of benzene rings is 1.